The third kappa shape index (κ3) is 4.85. The molecule has 0 spiro atoms. The molecule has 7 heteroatoms. The van der Waals surface area contributed by atoms with E-state index < -0.39 is 11.8 Å². The molecule has 1 aliphatic heterocycles. The third-order valence-corrected chi connectivity index (χ3v) is 6.51. The van der Waals surface area contributed by atoms with E-state index in [0.29, 0.717) is 17.3 Å². The van der Waals surface area contributed by atoms with Gasteiger partial charge in [-0.05, 0) is 74.4 Å². The summed E-state index contributed by atoms with van der Waals surface area (Å²) in [5.41, 5.74) is 1.69. The number of likely N-dealkylation sites (tertiary alicyclic amines) is 1. The Hall–Kier alpha value is -2.18. The summed E-state index contributed by atoms with van der Waals surface area (Å²) in [6, 6.07) is 7.37. The summed E-state index contributed by atoms with van der Waals surface area (Å²) in [6.45, 7) is 3.57. The lowest BCUT2D eigenvalue weighted by Crippen LogP contribution is -2.42. The highest BCUT2D eigenvalue weighted by Crippen LogP contribution is 2.45. The van der Waals surface area contributed by atoms with Crippen molar-refractivity contribution in [3.63, 3.8) is 0 Å². The molecule has 1 saturated heterocycles. The van der Waals surface area contributed by atoms with Crippen molar-refractivity contribution in [2.45, 2.75) is 50.7 Å². The van der Waals surface area contributed by atoms with Crippen LogP contribution in [0.2, 0.25) is 5.02 Å². The number of halogens is 3. The summed E-state index contributed by atoms with van der Waals surface area (Å²) in [7, 11) is 1.24. The number of hydrogen-bond donors (Lipinski definition) is 0. The van der Waals surface area contributed by atoms with E-state index in [1.165, 1.54) is 25.3 Å². The van der Waals surface area contributed by atoms with Crippen LogP contribution in [0.3, 0.4) is 0 Å². The van der Waals surface area contributed by atoms with Crippen molar-refractivity contribution >= 4 is 17.6 Å². The van der Waals surface area contributed by atoms with Gasteiger partial charge in [-0.15, -0.1) is 0 Å². The highest BCUT2D eigenvalue weighted by molar-refractivity contribution is 6.31. The zero-order valence-electron chi connectivity index (χ0n) is 17.7. The first-order valence-electron chi connectivity index (χ1n) is 10.6. The number of carbonyl (C=O) groups is 1. The predicted octanol–water partition coefficient (Wildman–Crippen LogP) is 5.89. The Morgan fingerprint density at radius 3 is 2.65 bits per heavy atom. The van der Waals surface area contributed by atoms with Crippen molar-refractivity contribution in [2.75, 3.05) is 20.2 Å². The van der Waals surface area contributed by atoms with Gasteiger partial charge in [-0.1, -0.05) is 17.7 Å². The summed E-state index contributed by atoms with van der Waals surface area (Å²) in [4.78, 5) is 14.1. The highest BCUT2D eigenvalue weighted by Gasteiger charge is 2.32. The van der Waals surface area contributed by atoms with E-state index in [2.05, 4.69) is 4.90 Å². The first-order valence-corrected chi connectivity index (χ1v) is 11.0. The maximum atomic E-state index is 14.6. The maximum Gasteiger partial charge on any atom is 0.340 e. The van der Waals surface area contributed by atoms with E-state index in [4.69, 9.17) is 21.1 Å². The molecule has 2 atom stereocenters. The molecular formula is C24H26ClF2NO3. The zero-order chi connectivity index (χ0) is 22.1. The Morgan fingerprint density at radius 2 is 1.97 bits per heavy atom. The smallest absolute Gasteiger partial charge is 0.340 e. The normalized spacial score (nSPS) is 20.4. The van der Waals surface area contributed by atoms with Gasteiger partial charge < -0.3 is 9.47 Å². The van der Waals surface area contributed by atoms with Crippen LogP contribution in [0.4, 0.5) is 8.78 Å². The fourth-order valence-corrected chi connectivity index (χ4v) is 4.61. The van der Waals surface area contributed by atoms with Gasteiger partial charge in [-0.2, -0.15) is 0 Å². The average molecular weight is 450 g/mol. The first-order chi connectivity index (χ1) is 14.9. The molecule has 2 aromatic rings. The van der Waals surface area contributed by atoms with Gasteiger partial charge in [0.05, 0.1) is 12.7 Å². The quantitative estimate of drug-likeness (QED) is 0.516. The summed E-state index contributed by atoms with van der Waals surface area (Å²) in [6.07, 6.45) is 3.66. The number of carbonyl (C=O) groups excluding carboxylic acids is 1. The zero-order valence-corrected chi connectivity index (χ0v) is 18.4. The highest BCUT2D eigenvalue weighted by atomic mass is 35.5. The average Bonchev–Trinajstić information content (AvgIpc) is 3.58. The molecule has 1 aliphatic carbocycles. The summed E-state index contributed by atoms with van der Waals surface area (Å²) in [5, 5.41) is 0.409. The minimum atomic E-state index is -0.681. The second-order valence-corrected chi connectivity index (χ2v) is 8.76. The van der Waals surface area contributed by atoms with Gasteiger partial charge in [-0.3, -0.25) is 4.90 Å². The van der Waals surface area contributed by atoms with Crippen LogP contribution in [0.25, 0.3) is 0 Å². The lowest BCUT2D eigenvalue weighted by molar-refractivity contribution is 0.0592. The van der Waals surface area contributed by atoms with E-state index in [9.17, 15) is 13.6 Å². The molecule has 166 valence electrons. The molecule has 0 unspecified atom stereocenters. The van der Waals surface area contributed by atoms with Crippen molar-refractivity contribution < 1.29 is 23.0 Å². The summed E-state index contributed by atoms with van der Waals surface area (Å²) >= 11 is 6.26. The second kappa shape index (κ2) is 9.13. The Kier molecular flexibility index (Phi) is 6.49. The van der Waals surface area contributed by atoms with Crippen LogP contribution in [-0.4, -0.2) is 37.2 Å². The molecule has 0 amide bonds. The van der Waals surface area contributed by atoms with E-state index in [1.807, 2.05) is 6.92 Å². The molecule has 31 heavy (non-hydrogen) atoms. The SMILES string of the molecule is COC(=O)c1cc(C2CC2)c(O[C@@H]2CCCN([C@H](C)c3ccc(F)cc3Cl)C2)cc1F. The third-order valence-electron chi connectivity index (χ3n) is 6.19. The topological polar surface area (TPSA) is 38.8 Å². The van der Waals surface area contributed by atoms with Crippen LogP contribution in [0.1, 0.15) is 66.1 Å². The molecule has 0 N–H and O–H groups in total. The Labute approximate surface area is 186 Å². The number of benzene rings is 2. The van der Waals surface area contributed by atoms with Crippen LogP contribution in [0, 0.1) is 11.6 Å². The number of rotatable bonds is 6. The van der Waals surface area contributed by atoms with Crippen molar-refractivity contribution in [1.82, 2.24) is 4.90 Å². The fourth-order valence-electron chi connectivity index (χ4n) is 4.28. The molecule has 0 aromatic heterocycles. The molecule has 0 bridgehead atoms. The Bertz CT molecular complexity index is 980. The first kappa shape index (κ1) is 22.0. The standard InChI is InChI=1S/C24H26ClF2NO3/c1-14(18-8-7-16(26)10-21(18)25)28-9-3-4-17(13-28)31-23-12-22(27)20(24(29)30-2)11-19(23)15-5-6-15/h7-8,10-12,14-15,17H,3-6,9,13H2,1-2H3/t14-,17-/m1/s1. The van der Waals surface area contributed by atoms with Crippen molar-refractivity contribution in [2.24, 2.45) is 0 Å². The second-order valence-electron chi connectivity index (χ2n) is 8.35. The van der Waals surface area contributed by atoms with Gasteiger partial charge in [-0.25, -0.2) is 13.6 Å². The number of hydrogen-bond acceptors (Lipinski definition) is 4. The monoisotopic (exact) mass is 449 g/mol. The number of ether oxygens (including phenoxy) is 2. The van der Waals surface area contributed by atoms with Crippen molar-refractivity contribution in [1.29, 1.82) is 0 Å². The lowest BCUT2D eigenvalue weighted by Gasteiger charge is -2.37. The molecule has 2 fully saturated rings. The van der Waals surface area contributed by atoms with E-state index in [-0.39, 0.29) is 29.4 Å². The summed E-state index contributed by atoms with van der Waals surface area (Å²) in [5.74, 6) is -0.876. The molecule has 1 saturated carbocycles. The summed E-state index contributed by atoms with van der Waals surface area (Å²) < 4.78 is 39.0. The number of piperidine rings is 1. The van der Waals surface area contributed by atoms with Gasteiger partial charge in [0.15, 0.2) is 0 Å². The van der Waals surface area contributed by atoms with Gasteiger partial charge >= 0.3 is 5.97 Å². The van der Waals surface area contributed by atoms with Crippen LogP contribution in [-0.2, 0) is 4.74 Å². The molecule has 2 aliphatic rings. The van der Waals surface area contributed by atoms with Gasteiger partial charge in [0.1, 0.15) is 23.5 Å². The van der Waals surface area contributed by atoms with Crippen LogP contribution < -0.4 is 4.74 Å². The molecular weight excluding hydrogens is 424 g/mol. The predicted molar refractivity (Wildman–Crippen MR) is 115 cm³/mol. The van der Waals surface area contributed by atoms with Gasteiger partial charge in [0.2, 0.25) is 0 Å². The van der Waals surface area contributed by atoms with E-state index >= 15 is 0 Å². The van der Waals surface area contributed by atoms with Crippen molar-refractivity contribution in [3.05, 3.63) is 63.7 Å². The number of nitrogens with zero attached hydrogens (tertiary/aromatic N) is 1. The van der Waals surface area contributed by atoms with Crippen LogP contribution >= 0.6 is 11.6 Å². The molecule has 0 radical (unpaired) electrons. The molecule has 2 aromatic carbocycles. The van der Waals surface area contributed by atoms with E-state index in [1.54, 1.807) is 12.1 Å². The van der Waals surface area contributed by atoms with Crippen molar-refractivity contribution in [3.8, 4) is 5.75 Å². The molecule has 4 nitrogen and oxygen atoms in total. The molecule has 4 rings (SSSR count). The minimum Gasteiger partial charge on any atom is -0.489 e. The van der Waals surface area contributed by atoms with E-state index in [0.717, 1.165) is 43.4 Å². The molecule has 1 heterocycles. The van der Waals surface area contributed by atoms with Gasteiger partial charge in [0, 0.05) is 23.7 Å². The van der Waals surface area contributed by atoms with Crippen LogP contribution in [0.15, 0.2) is 30.3 Å². The Morgan fingerprint density at radius 1 is 1.19 bits per heavy atom. The van der Waals surface area contributed by atoms with Crippen LogP contribution in [0.5, 0.6) is 5.75 Å². The fraction of sp³-hybridized carbons (Fsp3) is 0.458. The lowest BCUT2D eigenvalue weighted by atomic mass is 10.0. The number of esters is 1. The van der Waals surface area contributed by atoms with Gasteiger partial charge in [0.25, 0.3) is 0 Å². The Balaban J connectivity index is 1.52. The minimum absolute atomic E-state index is 0.000777. The number of methoxy groups -OCH3 is 1. The largest absolute Gasteiger partial charge is 0.489 e. The maximum absolute atomic E-state index is 14.6.